The second kappa shape index (κ2) is 8.85. The summed E-state index contributed by atoms with van der Waals surface area (Å²) in [6.07, 6.45) is -0.342. The Morgan fingerprint density at radius 3 is 2.44 bits per heavy atom. The molecule has 27 heavy (non-hydrogen) atoms. The molecule has 0 aromatic heterocycles. The number of thioether (sulfide) groups is 1. The average Bonchev–Trinajstić information content (AvgIpc) is 2.61. The van der Waals surface area contributed by atoms with E-state index in [1.807, 2.05) is 0 Å². The largest absolute Gasteiger partial charge is 0.497 e. The maximum Gasteiger partial charge on any atom is 0.306 e. The number of alkyl halides is 2. The molecule has 2 N–H and O–H groups in total. The lowest BCUT2D eigenvalue weighted by atomic mass is 9.88. The Morgan fingerprint density at radius 2 is 1.89 bits per heavy atom. The Kier molecular flexibility index (Phi) is 6.79. The van der Waals surface area contributed by atoms with Gasteiger partial charge in [-0.25, -0.2) is 0 Å². The molecule has 0 saturated carbocycles. The second-order valence-electron chi connectivity index (χ2n) is 5.99. The minimum absolute atomic E-state index is 0.244. The van der Waals surface area contributed by atoms with Crippen LogP contribution >= 0.6 is 11.8 Å². The van der Waals surface area contributed by atoms with Crippen molar-refractivity contribution < 1.29 is 28.2 Å². The van der Waals surface area contributed by atoms with Crippen molar-refractivity contribution in [2.24, 2.45) is 0 Å². The number of aliphatic carboxylic acids is 1. The van der Waals surface area contributed by atoms with Gasteiger partial charge in [0.1, 0.15) is 5.75 Å². The van der Waals surface area contributed by atoms with Crippen LogP contribution in [-0.4, -0.2) is 29.9 Å². The Labute approximate surface area is 159 Å². The van der Waals surface area contributed by atoms with Crippen LogP contribution in [-0.2, 0) is 10.3 Å². The minimum atomic E-state index is -2.54. The highest BCUT2D eigenvalue weighted by atomic mass is 32.2. The first-order chi connectivity index (χ1) is 12.7. The summed E-state index contributed by atoms with van der Waals surface area (Å²) in [5, 5.41) is 12.0. The van der Waals surface area contributed by atoms with E-state index in [9.17, 15) is 23.5 Å². The van der Waals surface area contributed by atoms with Gasteiger partial charge in [0, 0.05) is 10.5 Å². The first-order valence-electron chi connectivity index (χ1n) is 7.97. The Bertz CT molecular complexity index is 814. The SMILES string of the molecule is COc1cccc(C(C)(CC(=O)O)NC(=O)c2ccc(SC(F)F)cc2)c1. The van der Waals surface area contributed by atoms with Crippen molar-refractivity contribution in [1.29, 1.82) is 0 Å². The van der Waals surface area contributed by atoms with Gasteiger partial charge in [-0.15, -0.1) is 0 Å². The number of carboxylic acids is 1. The van der Waals surface area contributed by atoms with Gasteiger partial charge < -0.3 is 15.2 Å². The lowest BCUT2D eigenvalue weighted by Crippen LogP contribution is -2.45. The third kappa shape index (κ3) is 5.68. The fourth-order valence-corrected chi connectivity index (χ4v) is 3.10. The molecule has 5 nitrogen and oxygen atoms in total. The van der Waals surface area contributed by atoms with Gasteiger partial charge >= 0.3 is 5.97 Å². The summed E-state index contributed by atoms with van der Waals surface area (Å²) in [6.45, 7) is 1.61. The first-order valence-corrected chi connectivity index (χ1v) is 8.85. The lowest BCUT2D eigenvalue weighted by molar-refractivity contribution is -0.138. The molecular weight excluding hydrogens is 376 g/mol. The molecule has 0 aliphatic rings. The molecule has 0 heterocycles. The van der Waals surface area contributed by atoms with E-state index in [1.54, 1.807) is 31.2 Å². The molecule has 0 aliphatic carbocycles. The number of carbonyl (C=O) groups is 2. The number of carbonyl (C=O) groups excluding carboxylic acids is 1. The number of rotatable bonds is 8. The highest BCUT2D eigenvalue weighted by molar-refractivity contribution is 7.99. The fourth-order valence-electron chi connectivity index (χ4n) is 2.60. The highest BCUT2D eigenvalue weighted by Crippen LogP contribution is 2.29. The maximum atomic E-state index is 12.6. The van der Waals surface area contributed by atoms with Crippen LogP contribution in [0.15, 0.2) is 53.4 Å². The highest BCUT2D eigenvalue weighted by Gasteiger charge is 2.32. The number of methoxy groups -OCH3 is 1. The van der Waals surface area contributed by atoms with Crippen LogP contribution in [0.25, 0.3) is 0 Å². The molecule has 8 heteroatoms. The quantitative estimate of drug-likeness (QED) is 0.658. The zero-order chi connectivity index (χ0) is 20.0. The predicted molar refractivity (Wildman–Crippen MR) is 98.4 cm³/mol. The minimum Gasteiger partial charge on any atom is -0.497 e. The van der Waals surface area contributed by atoms with Crippen LogP contribution < -0.4 is 10.1 Å². The molecular formula is C19H19F2NO4S. The normalized spacial score (nSPS) is 13.1. The van der Waals surface area contributed by atoms with E-state index in [2.05, 4.69) is 5.32 Å². The van der Waals surface area contributed by atoms with Crippen molar-refractivity contribution in [3.8, 4) is 5.75 Å². The monoisotopic (exact) mass is 395 g/mol. The van der Waals surface area contributed by atoms with E-state index < -0.39 is 23.2 Å². The van der Waals surface area contributed by atoms with Crippen LogP contribution in [0.3, 0.4) is 0 Å². The van der Waals surface area contributed by atoms with E-state index in [0.717, 1.165) is 0 Å². The van der Waals surface area contributed by atoms with Crippen LogP contribution in [0.2, 0.25) is 0 Å². The van der Waals surface area contributed by atoms with Crippen molar-refractivity contribution in [1.82, 2.24) is 5.32 Å². The topological polar surface area (TPSA) is 75.6 Å². The average molecular weight is 395 g/mol. The van der Waals surface area contributed by atoms with E-state index in [0.29, 0.717) is 28.0 Å². The molecule has 2 aromatic rings. The van der Waals surface area contributed by atoms with Crippen LogP contribution in [0.4, 0.5) is 8.78 Å². The Morgan fingerprint density at radius 1 is 1.22 bits per heavy atom. The second-order valence-corrected chi connectivity index (χ2v) is 7.06. The molecule has 0 bridgehead atoms. The summed E-state index contributed by atoms with van der Waals surface area (Å²) >= 11 is 0.385. The summed E-state index contributed by atoms with van der Waals surface area (Å²) in [4.78, 5) is 24.3. The van der Waals surface area contributed by atoms with Gasteiger partial charge in [-0.3, -0.25) is 9.59 Å². The van der Waals surface area contributed by atoms with Crippen molar-refractivity contribution in [3.05, 3.63) is 59.7 Å². The zero-order valence-electron chi connectivity index (χ0n) is 14.7. The molecule has 0 fully saturated rings. The molecule has 2 rings (SSSR count). The molecule has 0 saturated heterocycles. The van der Waals surface area contributed by atoms with Crippen molar-refractivity contribution >= 4 is 23.6 Å². The zero-order valence-corrected chi connectivity index (χ0v) is 15.6. The summed E-state index contributed by atoms with van der Waals surface area (Å²) in [5.41, 5.74) is -0.371. The van der Waals surface area contributed by atoms with E-state index in [1.165, 1.54) is 31.4 Å². The molecule has 1 atom stereocenters. The van der Waals surface area contributed by atoms with Gasteiger partial charge in [-0.2, -0.15) is 8.78 Å². The summed E-state index contributed by atoms with van der Waals surface area (Å²) in [5.74, 6) is -3.59. The van der Waals surface area contributed by atoms with Crippen LogP contribution in [0, 0.1) is 0 Å². The third-order valence-electron chi connectivity index (χ3n) is 3.94. The van der Waals surface area contributed by atoms with Crippen LogP contribution in [0.1, 0.15) is 29.3 Å². The first kappa shape index (κ1) is 20.7. The molecule has 1 amide bonds. The Hall–Kier alpha value is -2.61. The van der Waals surface area contributed by atoms with Gasteiger partial charge in [0.05, 0.1) is 19.1 Å². The number of nitrogens with one attached hydrogen (secondary N) is 1. The van der Waals surface area contributed by atoms with Gasteiger partial charge in [-0.05, 0) is 48.9 Å². The van der Waals surface area contributed by atoms with Gasteiger partial charge in [-0.1, -0.05) is 23.9 Å². The number of ether oxygens (including phenoxy) is 1. The number of benzene rings is 2. The summed E-state index contributed by atoms with van der Waals surface area (Å²) < 4.78 is 29.9. The fraction of sp³-hybridized carbons (Fsp3) is 0.263. The van der Waals surface area contributed by atoms with Gasteiger partial charge in [0.25, 0.3) is 11.7 Å². The van der Waals surface area contributed by atoms with Crippen molar-refractivity contribution in [3.63, 3.8) is 0 Å². The number of hydrogen-bond acceptors (Lipinski definition) is 4. The molecule has 0 spiro atoms. The lowest BCUT2D eigenvalue weighted by Gasteiger charge is -2.30. The number of hydrogen-bond donors (Lipinski definition) is 2. The number of amides is 1. The smallest absolute Gasteiger partial charge is 0.306 e. The molecule has 2 aromatic carbocycles. The maximum absolute atomic E-state index is 12.6. The van der Waals surface area contributed by atoms with Gasteiger partial charge in [0.2, 0.25) is 0 Å². The molecule has 144 valence electrons. The van der Waals surface area contributed by atoms with E-state index in [-0.39, 0.29) is 12.0 Å². The van der Waals surface area contributed by atoms with E-state index >= 15 is 0 Å². The molecule has 0 aliphatic heterocycles. The van der Waals surface area contributed by atoms with Crippen molar-refractivity contribution in [2.45, 2.75) is 29.5 Å². The van der Waals surface area contributed by atoms with Crippen LogP contribution in [0.5, 0.6) is 5.75 Å². The summed E-state index contributed by atoms with van der Waals surface area (Å²) in [6, 6.07) is 12.5. The number of carboxylic acid groups (broad SMARTS) is 1. The van der Waals surface area contributed by atoms with Gasteiger partial charge in [0.15, 0.2) is 0 Å². The predicted octanol–water partition coefficient (Wildman–Crippen LogP) is 4.13. The van der Waals surface area contributed by atoms with Crippen molar-refractivity contribution in [2.75, 3.05) is 7.11 Å². The Balaban J connectivity index is 2.26. The summed E-state index contributed by atoms with van der Waals surface area (Å²) in [7, 11) is 1.49. The number of halogens is 2. The molecule has 1 unspecified atom stereocenters. The molecule has 0 radical (unpaired) electrons. The standard InChI is InChI=1S/C19H19F2NO4S/c1-19(11-16(23)24,13-4-3-5-14(10-13)26-2)22-17(25)12-6-8-15(9-7-12)27-18(20)21/h3-10,18H,11H2,1-2H3,(H,22,25)(H,23,24). The van der Waals surface area contributed by atoms with E-state index in [4.69, 9.17) is 4.74 Å². The third-order valence-corrected chi connectivity index (χ3v) is 4.67.